The molecule has 2 unspecified atom stereocenters. The first-order valence-corrected chi connectivity index (χ1v) is 15.5. The fourth-order valence-corrected chi connectivity index (χ4v) is 8.68. The number of ether oxygens (including phenoxy) is 1. The molecular formula is C30H52O5S. The standard InChI is InChI=1S/C30H52O5S/c1-5-30(34,6-2)15-8-18-36-21(3)24-12-13-25-23(9-7-14-29(24,25)4)11-10-22-19-26(32)28(27(33)20-22)35-17-16-31/h10-11,21,24-28,31-34H,5-9,12-20H2,1-4H3/b22-10?,23-11+/t21-,24-,25+,26-,27?,28?,29-/m1/s1. The molecule has 7 atom stereocenters. The Morgan fingerprint density at radius 1 is 1.14 bits per heavy atom. The maximum atomic E-state index is 10.6. The van der Waals surface area contributed by atoms with Crippen LogP contribution in [0.2, 0.25) is 0 Å². The van der Waals surface area contributed by atoms with Gasteiger partial charge in [0.15, 0.2) is 0 Å². The SMILES string of the molecule is CCC(O)(CC)CCCS[C@H](C)[C@H]1CC[C@H]2/C(=C/C=C3CC(O)C(OCCO)[C@H](O)C3)CCC[C@]12C. The van der Waals surface area contributed by atoms with Crippen LogP contribution in [-0.2, 0) is 4.74 Å². The van der Waals surface area contributed by atoms with Crippen LogP contribution in [0.5, 0.6) is 0 Å². The Labute approximate surface area is 223 Å². The summed E-state index contributed by atoms with van der Waals surface area (Å²) in [5.74, 6) is 2.48. The van der Waals surface area contributed by atoms with Crippen molar-refractivity contribution in [3.05, 3.63) is 23.3 Å². The molecular weight excluding hydrogens is 472 g/mol. The third kappa shape index (κ3) is 7.18. The molecule has 3 aliphatic carbocycles. The van der Waals surface area contributed by atoms with Crippen molar-refractivity contribution < 1.29 is 25.2 Å². The van der Waals surface area contributed by atoms with Gasteiger partial charge >= 0.3 is 0 Å². The van der Waals surface area contributed by atoms with Crippen molar-refractivity contribution in [2.24, 2.45) is 17.3 Å². The van der Waals surface area contributed by atoms with Gasteiger partial charge in [-0.2, -0.15) is 11.8 Å². The second kappa shape index (κ2) is 13.6. The van der Waals surface area contributed by atoms with E-state index < -0.39 is 23.9 Å². The van der Waals surface area contributed by atoms with E-state index in [-0.39, 0.29) is 13.2 Å². The van der Waals surface area contributed by atoms with Gasteiger partial charge in [-0.25, -0.2) is 0 Å². The van der Waals surface area contributed by atoms with Crippen molar-refractivity contribution >= 4 is 11.8 Å². The van der Waals surface area contributed by atoms with E-state index in [9.17, 15) is 15.3 Å². The summed E-state index contributed by atoms with van der Waals surface area (Å²) < 4.78 is 5.46. The molecule has 0 aromatic rings. The van der Waals surface area contributed by atoms with Gasteiger partial charge in [0, 0.05) is 5.25 Å². The fourth-order valence-electron chi connectivity index (χ4n) is 7.32. The summed E-state index contributed by atoms with van der Waals surface area (Å²) >= 11 is 2.11. The number of allylic oxidation sites excluding steroid dienone is 3. The summed E-state index contributed by atoms with van der Waals surface area (Å²) in [5.41, 5.74) is 2.49. The highest BCUT2D eigenvalue weighted by Gasteiger charge is 2.50. The summed E-state index contributed by atoms with van der Waals surface area (Å²) in [4.78, 5) is 0. The number of aliphatic hydroxyl groups excluding tert-OH is 3. The second-order valence-electron chi connectivity index (χ2n) is 11.9. The van der Waals surface area contributed by atoms with Gasteiger partial charge in [-0.3, -0.25) is 0 Å². The fraction of sp³-hybridized carbons (Fsp3) is 0.867. The van der Waals surface area contributed by atoms with Crippen molar-refractivity contribution in [2.45, 2.75) is 127 Å². The van der Waals surface area contributed by atoms with E-state index in [2.05, 4.69) is 51.6 Å². The Kier molecular flexibility index (Phi) is 11.4. The van der Waals surface area contributed by atoms with E-state index in [0.29, 0.717) is 29.4 Å². The highest BCUT2D eigenvalue weighted by atomic mass is 32.2. The number of fused-ring (bicyclic) bond motifs is 1. The van der Waals surface area contributed by atoms with E-state index >= 15 is 0 Å². The number of thioether (sulfide) groups is 1. The molecule has 6 heteroatoms. The van der Waals surface area contributed by atoms with Gasteiger partial charge in [0.1, 0.15) is 6.10 Å². The molecule has 0 amide bonds. The van der Waals surface area contributed by atoms with Crippen molar-refractivity contribution in [3.8, 4) is 0 Å². The first-order chi connectivity index (χ1) is 17.2. The van der Waals surface area contributed by atoms with Gasteiger partial charge in [-0.05, 0) is 93.6 Å². The molecule has 5 nitrogen and oxygen atoms in total. The van der Waals surface area contributed by atoms with E-state index in [4.69, 9.17) is 9.84 Å². The maximum Gasteiger partial charge on any atom is 0.110 e. The Balaban J connectivity index is 1.58. The predicted octanol–water partition coefficient (Wildman–Crippen LogP) is 5.40. The summed E-state index contributed by atoms with van der Waals surface area (Å²) in [6, 6.07) is 0. The Morgan fingerprint density at radius 3 is 2.47 bits per heavy atom. The van der Waals surface area contributed by atoms with Crippen LogP contribution in [0.1, 0.15) is 98.3 Å². The van der Waals surface area contributed by atoms with Gasteiger partial charge in [0.25, 0.3) is 0 Å². The summed E-state index contributed by atoms with van der Waals surface area (Å²) in [5, 5.41) is 41.2. The molecule has 0 saturated heterocycles. The van der Waals surface area contributed by atoms with Crippen LogP contribution in [0.25, 0.3) is 0 Å². The summed E-state index contributed by atoms with van der Waals surface area (Å²) in [6.07, 6.45) is 13.3. The lowest BCUT2D eigenvalue weighted by atomic mass is 9.63. The van der Waals surface area contributed by atoms with Crippen LogP contribution < -0.4 is 0 Å². The Hall–Kier alpha value is -0.370. The average molecular weight is 525 g/mol. The van der Waals surface area contributed by atoms with Crippen molar-refractivity contribution in [3.63, 3.8) is 0 Å². The molecule has 0 aliphatic heterocycles. The van der Waals surface area contributed by atoms with Gasteiger partial charge in [-0.15, -0.1) is 0 Å². The van der Waals surface area contributed by atoms with Crippen LogP contribution in [0.4, 0.5) is 0 Å². The lowest BCUT2D eigenvalue weighted by Gasteiger charge is -2.44. The van der Waals surface area contributed by atoms with Crippen molar-refractivity contribution in [2.75, 3.05) is 19.0 Å². The zero-order valence-corrected chi connectivity index (χ0v) is 23.9. The van der Waals surface area contributed by atoms with Crippen LogP contribution in [0.15, 0.2) is 23.3 Å². The van der Waals surface area contributed by atoms with Crippen LogP contribution in [-0.4, -0.2) is 68.6 Å². The average Bonchev–Trinajstić information content (AvgIpc) is 3.22. The molecule has 3 aliphatic rings. The zero-order valence-electron chi connectivity index (χ0n) is 23.1. The molecule has 208 valence electrons. The van der Waals surface area contributed by atoms with Gasteiger partial charge in [-0.1, -0.05) is 51.0 Å². The molecule has 4 N–H and O–H groups in total. The zero-order chi connectivity index (χ0) is 26.3. The van der Waals surface area contributed by atoms with E-state index in [1.165, 1.54) is 25.7 Å². The summed E-state index contributed by atoms with van der Waals surface area (Å²) in [7, 11) is 0. The number of hydrogen-bond acceptors (Lipinski definition) is 6. The van der Waals surface area contributed by atoms with E-state index in [1.807, 2.05) is 0 Å². The predicted molar refractivity (Wildman–Crippen MR) is 149 cm³/mol. The third-order valence-electron chi connectivity index (χ3n) is 9.72. The lowest BCUT2D eigenvalue weighted by molar-refractivity contribution is -0.115. The minimum Gasteiger partial charge on any atom is -0.394 e. The van der Waals surface area contributed by atoms with Crippen molar-refractivity contribution in [1.82, 2.24) is 0 Å². The first kappa shape index (κ1) is 30.2. The van der Waals surface area contributed by atoms with Crippen molar-refractivity contribution in [1.29, 1.82) is 0 Å². The minimum absolute atomic E-state index is 0.107. The van der Waals surface area contributed by atoms with Crippen LogP contribution in [0, 0.1) is 17.3 Å². The normalized spacial score (nSPS) is 36.4. The first-order valence-electron chi connectivity index (χ1n) is 14.5. The number of aliphatic hydroxyl groups is 4. The highest BCUT2D eigenvalue weighted by molar-refractivity contribution is 7.99. The molecule has 0 radical (unpaired) electrons. The molecule has 3 saturated carbocycles. The minimum atomic E-state index is -0.735. The number of rotatable bonds is 12. The summed E-state index contributed by atoms with van der Waals surface area (Å²) in [6.45, 7) is 9.16. The van der Waals surface area contributed by atoms with Gasteiger partial charge in [0.05, 0.1) is 31.0 Å². The van der Waals surface area contributed by atoms with Crippen LogP contribution in [0.3, 0.4) is 0 Å². The quantitative estimate of drug-likeness (QED) is 0.256. The second-order valence-corrected chi connectivity index (χ2v) is 13.4. The van der Waals surface area contributed by atoms with Gasteiger partial charge < -0.3 is 25.2 Å². The van der Waals surface area contributed by atoms with Gasteiger partial charge in [0.2, 0.25) is 0 Å². The molecule has 3 fully saturated rings. The smallest absolute Gasteiger partial charge is 0.110 e. The Bertz CT molecular complexity index is 734. The largest absolute Gasteiger partial charge is 0.394 e. The van der Waals surface area contributed by atoms with E-state index in [0.717, 1.165) is 49.3 Å². The molecule has 0 spiro atoms. The lowest BCUT2D eigenvalue weighted by Crippen LogP contribution is -2.44. The molecule has 0 aromatic carbocycles. The Morgan fingerprint density at radius 2 is 1.83 bits per heavy atom. The monoisotopic (exact) mass is 524 g/mol. The topological polar surface area (TPSA) is 90.2 Å². The molecule has 3 rings (SSSR count). The maximum absolute atomic E-state index is 10.6. The van der Waals surface area contributed by atoms with E-state index in [1.54, 1.807) is 5.57 Å². The molecule has 0 aromatic heterocycles. The molecule has 36 heavy (non-hydrogen) atoms. The number of hydrogen-bond donors (Lipinski definition) is 4. The molecule has 0 bridgehead atoms. The van der Waals surface area contributed by atoms with Crippen LogP contribution >= 0.6 is 11.8 Å². The third-order valence-corrected chi connectivity index (χ3v) is 11.1. The molecule has 0 heterocycles. The highest BCUT2D eigenvalue weighted by Crippen LogP contribution is 2.59.